The molecule has 0 spiro atoms. The molecule has 1 aromatic rings. The standard InChI is InChI=1S/C16H21BO2/c1-11(14(4)18)10-17-13(3)12(2)16(19)15-8-6-5-7-9-15/h5-10,12,16-17,19H,3H2,1-2,4H3/b11-10+. The average Bonchev–Trinajstić information content (AvgIpc) is 2.43. The molecule has 0 saturated heterocycles. The van der Waals surface area contributed by atoms with Crippen LogP contribution in [-0.2, 0) is 4.79 Å². The second kappa shape index (κ2) is 7.10. The van der Waals surface area contributed by atoms with Gasteiger partial charge in [0, 0.05) is 0 Å². The first-order valence-electron chi connectivity index (χ1n) is 6.52. The first-order valence-corrected chi connectivity index (χ1v) is 6.52. The number of allylic oxidation sites excluding steroid dienone is 1. The molecule has 0 aromatic heterocycles. The summed E-state index contributed by atoms with van der Waals surface area (Å²) >= 11 is 0. The molecule has 0 aliphatic carbocycles. The molecule has 1 N–H and O–H groups in total. The van der Waals surface area contributed by atoms with Crippen LogP contribution in [0.25, 0.3) is 0 Å². The van der Waals surface area contributed by atoms with Gasteiger partial charge in [0.15, 0.2) is 13.1 Å². The van der Waals surface area contributed by atoms with Crippen molar-refractivity contribution in [2.75, 3.05) is 0 Å². The lowest BCUT2D eigenvalue weighted by Crippen LogP contribution is -2.14. The lowest BCUT2D eigenvalue weighted by Gasteiger charge is -2.20. The molecule has 100 valence electrons. The van der Waals surface area contributed by atoms with E-state index in [2.05, 4.69) is 6.58 Å². The van der Waals surface area contributed by atoms with Gasteiger partial charge in [-0.15, -0.1) is 18.0 Å². The molecular weight excluding hydrogens is 235 g/mol. The van der Waals surface area contributed by atoms with Crippen molar-refractivity contribution < 1.29 is 9.90 Å². The molecule has 0 saturated carbocycles. The van der Waals surface area contributed by atoms with Crippen molar-refractivity contribution >= 4 is 13.1 Å². The molecule has 0 radical (unpaired) electrons. The van der Waals surface area contributed by atoms with E-state index in [1.165, 1.54) is 0 Å². The van der Waals surface area contributed by atoms with Gasteiger partial charge in [-0.25, -0.2) is 0 Å². The predicted molar refractivity (Wildman–Crippen MR) is 81.3 cm³/mol. The molecule has 2 nitrogen and oxygen atoms in total. The number of carbonyl (C=O) groups is 1. The fourth-order valence-corrected chi connectivity index (χ4v) is 1.78. The third-order valence-corrected chi connectivity index (χ3v) is 3.48. The van der Waals surface area contributed by atoms with Crippen molar-refractivity contribution in [2.24, 2.45) is 5.92 Å². The number of benzene rings is 1. The number of ketones is 1. The number of aliphatic hydroxyl groups is 1. The Morgan fingerprint density at radius 3 is 2.42 bits per heavy atom. The molecule has 2 atom stereocenters. The van der Waals surface area contributed by atoms with E-state index in [0.717, 1.165) is 16.6 Å². The Kier molecular flexibility index (Phi) is 5.77. The van der Waals surface area contributed by atoms with Crippen molar-refractivity contribution in [1.29, 1.82) is 0 Å². The molecule has 0 fully saturated rings. The van der Waals surface area contributed by atoms with E-state index in [-0.39, 0.29) is 11.7 Å². The van der Waals surface area contributed by atoms with E-state index < -0.39 is 6.10 Å². The fourth-order valence-electron chi connectivity index (χ4n) is 1.78. The van der Waals surface area contributed by atoms with Crippen LogP contribution in [0.3, 0.4) is 0 Å². The highest BCUT2D eigenvalue weighted by Crippen LogP contribution is 2.26. The number of carbonyl (C=O) groups excluding carboxylic acids is 1. The van der Waals surface area contributed by atoms with E-state index in [1.54, 1.807) is 13.8 Å². The number of rotatable bonds is 6. The molecule has 0 bridgehead atoms. The topological polar surface area (TPSA) is 37.3 Å². The average molecular weight is 256 g/mol. The third-order valence-electron chi connectivity index (χ3n) is 3.48. The highest BCUT2D eigenvalue weighted by atomic mass is 16.3. The molecule has 0 aliphatic heterocycles. The van der Waals surface area contributed by atoms with Crippen LogP contribution in [0.2, 0.25) is 0 Å². The summed E-state index contributed by atoms with van der Waals surface area (Å²) in [4.78, 5) is 11.1. The minimum absolute atomic E-state index is 0.0431. The molecule has 0 heterocycles. The monoisotopic (exact) mass is 256 g/mol. The number of hydrogen-bond donors (Lipinski definition) is 1. The van der Waals surface area contributed by atoms with E-state index in [1.807, 2.05) is 43.2 Å². The minimum atomic E-state index is -0.556. The van der Waals surface area contributed by atoms with E-state index >= 15 is 0 Å². The van der Waals surface area contributed by atoms with Crippen molar-refractivity contribution in [3.05, 3.63) is 59.5 Å². The smallest absolute Gasteiger partial charge is 0.177 e. The van der Waals surface area contributed by atoms with Crippen molar-refractivity contribution in [1.82, 2.24) is 0 Å². The first kappa shape index (κ1) is 15.5. The van der Waals surface area contributed by atoms with Gasteiger partial charge in [0.05, 0.1) is 6.10 Å². The Hall–Kier alpha value is -1.61. The van der Waals surface area contributed by atoms with Crippen molar-refractivity contribution in [2.45, 2.75) is 26.9 Å². The van der Waals surface area contributed by atoms with Crippen molar-refractivity contribution in [3.8, 4) is 0 Å². The van der Waals surface area contributed by atoms with Crippen LogP contribution in [0, 0.1) is 5.92 Å². The summed E-state index contributed by atoms with van der Waals surface area (Å²) in [5, 5.41) is 10.3. The van der Waals surface area contributed by atoms with Gasteiger partial charge >= 0.3 is 0 Å². The van der Waals surface area contributed by atoms with E-state index in [0.29, 0.717) is 7.28 Å². The summed E-state index contributed by atoms with van der Waals surface area (Å²) in [7, 11) is 0.622. The zero-order valence-corrected chi connectivity index (χ0v) is 11.9. The Bertz CT molecular complexity index is 477. The lowest BCUT2D eigenvalue weighted by molar-refractivity contribution is -0.113. The third kappa shape index (κ3) is 4.53. The summed E-state index contributed by atoms with van der Waals surface area (Å²) in [5.74, 6) is 1.90. The largest absolute Gasteiger partial charge is 0.388 e. The normalized spacial score (nSPS) is 14.6. The maximum absolute atomic E-state index is 11.1. The summed E-state index contributed by atoms with van der Waals surface area (Å²) in [6.07, 6.45) is -0.556. The van der Waals surface area contributed by atoms with Crippen LogP contribution in [-0.4, -0.2) is 18.2 Å². The molecule has 1 rings (SSSR count). The second-order valence-electron chi connectivity index (χ2n) is 4.95. The summed E-state index contributed by atoms with van der Waals surface area (Å²) in [6.45, 7) is 9.32. The Morgan fingerprint density at radius 2 is 1.89 bits per heavy atom. The Labute approximate surface area is 116 Å². The summed E-state index contributed by atoms with van der Waals surface area (Å²) in [5.41, 5.74) is 2.56. The van der Waals surface area contributed by atoms with Gasteiger partial charge in [-0.05, 0) is 30.9 Å². The van der Waals surface area contributed by atoms with Crippen LogP contribution in [0.15, 0.2) is 53.9 Å². The van der Waals surface area contributed by atoms with Crippen LogP contribution in [0.1, 0.15) is 32.4 Å². The van der Waals surface area contributed by atoms with Crippen LogP contribution >= 0.6 is 0 Å². The van der Waals surface area contributed by atoms with E-state index in [4.69, 9.17) is 0 Å². The zero-order valence-electron chi connectivity index (χ0n) is 11.9. The van der Waals surface area contributed by atoms with Crippen LogP contribution in [0.4, 0.5) is 0 Å². The van der Waals surface area contributed by atoms with Gasteiger partial charge in [-0.2, -0.15) is 0 Å². The van der Waals surface area contributed by atoms with Gasteiger partial charge in [0.1, 0.15) is 0 Å². The first-order chi connectivity index (χ1) is 8.93. The van der Waals surface area contributed by atoms with Crippen LogP contribution in [0.5, 0.6) is 0 Å². The summed E-state index contributed by atoms with van der Waals surface area (Å²) < 4.78 is 0. The molecule has 1 aromatic carbocycles. The molecule has 3 heteroatoms. The second-order valence-corrected chi connectivity index (χ2v) is 4.95. The van der Waals surface area contributed by atoms with E-state index in [9.17, 15) is 9.90 Å². The maximum atomic E-state index is 11.1. The van der Waals surface area contributed by atoms with Gasteiger partial charge in [0.25, 0.3) is 0 Å². The Balaban J connectivity index is 2.67. The van der Waals surface area contributed by atoms with Gasteiger partial charge in [0.2, 0.25) is 0 Å². The molecule has 0 amide bonds. The number of Topliss-reactive ketones (excluding diaryl/α,β-unsaturated/α-hetero) is 1. The number of hydrogen-bond acceptors (Lipinski definition) is 2. The zero-order chi connectivity index (χ0) is 14.4. The summed E-state index contributed by atoms with van der Waals surface area (Å²) in [6, 6.07) is 9.56. The molecule has 2 unspecified atom stereocenters. The SMILES string of the molecule is C=C(B/C=C(\C)C(C)=O)C(C)C(O)c1ccccc1. The maximum Gasteiger partial charge on any atom is 0.177 e. The minimum Gasteiger partial charge on any atom is -0.388 e. The number of aliphatic hydroxyl groups excluding tert-OH is 1. The Morgan fingerprint density at radius 1 is 1.32 bits per heavy atom. The quantitative estimate of drug-likeness (QED) is 0.627. The van der Waals surface area contributed by atoms with Crippen LogP contribution < -0.4 is 0 Å². The molecule has 0 aliphatic rings. The highest BCUT2D eigenvalue weighted by molar-refractivity contribution is 6.51. The lowest BCUT2D eigenvalue weighted by atomic mass is 9.63. The predicted octanol–water partition coefficient (Wildman–Crippen LogP) is 2.80. The molecular formula is C16H21BO2. The highest BCUT2D eigenvalue weighted by Gasteiger charge is 2.18. The van der Waals surface area contributed by atoms with Gasteiger partial charge < -0.3 is 5.11 Å². The van der Waals surface area contributed by atoms with Gasteiger partial charge in [-0.3, -0.25) is 4.79 Å². The molecule has 19 heavy (non-hydrogen) atoms. The van der Waals surface area contributed by atoms with Gasteiger partial charge in [-0.1, -0.05) is 37.3 Å². The van der Waals surface area contributed by atoms with Crippen molar-refractivity contribution in [3.63, 3.8) is 0 Å². The fraction of sp³-hybridized carbons (Fsp3) is 0.312.